The molecule has 116 heavy (non-hydrogen) atoms. The molecule has 0 bridgehead atoms. The first-order chi connectivity index (χ1) is 56.6. The number of nitrogens with one attached hydrogen (secondary N) is 9. The second kappa shape index (κ2) is 84.5. The summed E-state index contributed by atoms with van der Waals surface area (Å²) in [4.78, 5) is 128. The molecule has 0 aliphatic carbocycles. The second-order valence-corrected chi connectivity index (χ2v) is 33.0. The van der Waals surface area contributed by atoms with Crippen LogP contribution in [0.2, 0.25) is 0 Å². The molecule has 0 aliphatic heterocycles. The van der Waals surface area contributed by atoms with Gasteiger partial charge in [0.1, 0.15) is 30.2 Å². The van der Waals surface area contributed by atoms with E-state index in [-0.39, 0.29) is 53.2 Å². The Kier molecular flexibility index (Phi) is 80.4. The van der Waals surface area contributed by atoms with Crippen molar-refractivity contribution in [3.63, 3.8) is 0 Å². The standard InChI is InChI=1S/C90H178N16O10/c91-66-46-31-21-11-1-6-16-27-37-62-82(108)103-77(57-42-48-68-93)87(113)99-73-53-33-23-13-3-8-18-29-39-64-84(110)105-79(59-44-50-70-95)89(115)101-75-55-35-25-15-5-10-20-30-40-65-85(111)106-80(60-45-51-71-96)90(116)100-74-54-34-24-14-4-9-19-28-38-63-83(109)104-78(58-43-49-69-94)88(114)98-72-52-32-22-12-2-7-17-26-36-61-81(107)102-76(86(97)112)56-41-47-67-92/h76-80H,1-75,91-96H2,(H2,97,112)(H,98,114)(H,99,113)(H,100,116)(H,101,115)(H,102,107)(H,103,108)(H,104,109)(H,105,110)(H,106,111). The number of unbranched alkanes of at least 4 members (excludes halogenated alkanes) is 45. The van der Waals surface area contributed by atoms with Crippen molar-refractivity contribution in [2.75, 3.05) is 65.4 Å². The number of carbonyl (C=O) groups is 10. The van der Waals surface area contributed by atoms with Crippen LogP contribution in [0, 0.1) is 0 Å². The Bertz CT molecular complexity index is 2400. The maximum Gasteiger partial charge on any atom is 0.242 e. The summed E-state index contributed by atoms with van der Waals surface area (Å²) in [7, 11) is 0. The molecule has 0 aromatic rings. The Morgan fingerprint density at radius 2 is 0.310 bits per heavy atom. The lowest BCUT2D eigenvalue weighted by molar-refractivity contribution is -0.129. The fraction of sp³-hybridized carbons (Fsp3) is 0.889. The molecule has 10 amide bonds. The Hall–Kier alpha value is -5.54. The second-order valence-electron chi connectivity index (χ2n) is 33.0. The first-order valence-electron chi connectivity index (χ1n) is 47.6. The molecule has 0 aromatic heterocycles. The van der Waals surface area contributed by atoms with Gasteiger partial charge in [-0.3, -0.25) is 47.9 Å². The van der Waals surface area contributed by atoms with Crippen LogP contribution in [-0.2, 0) is 47.9 Å². The number of carbonyl (C=O) groups excluding carboxylic acids is 10. The van der Waals surface area contributed by atoms with Gasteiger partial charge in [0.2, 0.25) is 59.1 Å². The number of rotatable bonds is 89. The van der Waals surface area contributed by atoms with Crippen molar-refractivity contribution in [2.45, 2.75) is 448 Å². The monoisotopic (exact) mass is 1640 g/mol. The zero-order chi connectivity index (χ0) is 85.1. The van der Waals surface area contributed by atoms with E-state index in [1.807, 2.05) is 0 Å². The van der Waals surface area contributed by atoms with Crippen LogP contribution in [0.4, 0.5) is 0 Å². The summed E-state index contributed by atoms with van der Waals surface area (Å²) in [6.45, 7) is 5.86. The number of hydrogen-bond donors (Lipinski definition) is 16. The van der Waals surface area contributed by atoms with E-state index in [4.69, 9.17) is 40.1 Å². The van der Waals surface area contributed by atoms with Crippen LogP contribution in [0.15, 0.2) is 0 Å². The SMILES string of the molecule is NCCCCCCCCCCCC(=O)NC(CCCCN)C(=O)NCCCCCCCCCCCC(=O)NC(CCCCN)C(=O)NCCCCCCCCCCCC(=O)NC(CCCCN)C(=O)NCCCCCCCCCCCC(=O)NC(CCCCN)C(=O)NCCCCCCCCCCCC(=O)NC(CCCCN)C(N)=O. The normalized spacial score (nSPS) is 12.6. The number of primary amides is 1. The zero-order valence-electron chi connectivity index (χ0n) is 73.5. The Morgan fingerprint density at radius 1 is 0.172 bits per heavy atom. The van der Waals surface area contributed by atoms with Crippen LogP contribution in [-0.4, -0.2) is 155 Å². The van der Waals surface area contributed by atoms with Crippen LogP contribution < -0.4 is 88.0 Å². The lowest BCUT2D eigenvalue weighted by Crippen LogP contribution is -2.47. The van der Waals surface area contributed by atoms with E-state index in [0.29, 0.717) is 123 Å². The van der Waals surface area contributed by atoms with Crippen molar-refractivity contribution in [1.82, 2.24) is 47.9 Å². The van der Waals surface area contributed by atoms with Crippen molar-refractivity contribution in [3.05, 3.63) is 0 Å². The maximum absolute atomic E-state index is 13.3. The van der Waals surface area contributed by atoms with Gasteiger partial charge in [0, 0.05) is 58.3 Å². The number of nitrogens with two attached hydrogens (primary N) is 7. The molecule has 0 fully saturated rings. The summed E-state index contributed by atoms with van der Waals surface area (Å²) in [6.07, 6.45) is 59.7. The molecule has 0 spiro atoms. The van der Waals surface area contributed by atoms with Gasteiger partial charge in [0.25, 0.3) is 0 Å². The number of hydrogen-bond acceptors (Lipinski definition) is 16. The average molecular weight is 1640 g/mol. The molecule has 0 saturated carbocycles. The highest BCUT2D eigenvalue weighted by Crippen LogP contribution is 2.18. The predicted molar refractivity (Wildman–Crippen MR) is 475 cm³/mol. The van der Waals surface area contributed by atoms with Gasteiger partial charge >= 0.3 is 0 Å². The van der Waals surface area contributed by atoms with E-state index in [9.17, 15) is 47.9 Å². The minimum atomic E-state index is -0.629. The fourth-order valence-electron chi connectivity index (χ4n) is 14.8. The minimum Gasteiger partial charge on any atom is -0.368 e. The van der Waals surface area contributed by atoms with E-state index < -0.39 is 36.1 Å². The molecule has 5 unspecified atom stereocenters. The zero-order valence-corrected chi connectivity index (χ0v) is 73.5. The highest BCUT2D eigenvalue weighted by Gasteiger charge is 2.25. The summed E-state index contributed by atoms with van der Waals surface area (Å²) in [6, 6.07) is -2.81. The Morgan fingerprint density at radius 3 is 0.483 bits per heavy atom. The predicted octanol–water partition coefficient (Wildman–Crippen LogP) is 12.5. The van der Waals surface area contributed by atoms with Gasteiger partial charge in [0.15, 0.2) is 0 Å². The molecule has 0 aliphatic rings. The molecule has 0 rings (SSSR count). The number of amides is 10. The average Bonchev–Trinajstić information content (AvgIpc) is 0.838. The highest BCUT2D eigenvalue weighted by atomic mass is 16.2. The van der Waals surface area contributed by atoms with Crippen molar-refractivity contribution in [3.8, 4) is 0 Å². The van der Waals surface area contributed by atoms with Crippen molar-refractivity contribution >= 4 is 59.1 Å². The van der Waals surface area contributed by atoms with E-state index >= 15 is 0 Å². The molecule has 0 saturated heterocycles. The summed E-state index contributed by atoms with van der Waals surface area (Å²) >= 11 is 0. The van der Waals surface area contributed by atoms with Crippen LogP contribution in [0.5, 0.6) is 0 Å². The van der Waals surface area contributed by atoms with E-state index in [1.54, 1.807) is 0 Å². The molecule has 0 aromatic carbocycles. The van der Waals surface area contributed by atoms with Crippen molar-refractivity contribution in [2.24, 2.45) is 40.1 Å². The first kappa shape index (κ1) is 110. The van der Waals surface area contributed by atoms with Gasteiger partial charge < -0.3 is 88.0 Å². The van der Waals surface area contributed by atoms with Crippen LogP contribution in [0.3, 0.4) is 0 Å². The highest BCUT2D eigenvalue weighted by molar-refractivity contribution is 5.90. The van der Waals surface area contributed by atoms with Gasteiger partial charge in [-0.2, -0.15) is 0 Å². The Balaban J connectivity index is 4.25. The molecule has 26 heteroatoms. The molecule has 0 radical (unpaired) electrons. The quantitative estimate of drug-likeness (QED) is 0.0252. The van der Waals surface area contributed by atoms with Gasteiger partial charge in [0.05, 0.1) is 0 Å². The molecule has 26 nitrogen and oxygen atoms in total. The van der Waals surface area contributed by atoms with Gasteiger partial charge in [-0.1, -0.05) is 225 Å². The molecular formula is C90H178N16O10. The molecule has 5 atom stereocenters. The van der Waals surface area contributed by atoms with E-state index in [0.717, 1.165) is 328 Å². The molecule has 0 heterocycles. The largest absolute Gasteiger partial charge is 0.368 e. The summed E-state index contributed by atoms with van der Waals surface area (Å²) in [5.74, 6) is -1.40. The summed E-state index contributed by atoms with van der Waals surface area (Å²) in [5, 5.41) is 27.1. The van der Waals surface area contributed by atoms with E-state index in [2.05, 4.69) is 47.9 Å². The van der Waals surface area contributed by atoms with Crippen molar-refractivity contribution in [1.29, 1.82) is 0 Å². The van der Waals surface area contributed by atoms with Crippen molar-refractivity contribution < 1.29 is 47.9 Å². The molecule has 23 N–H and O–H groups in total. The van der Waals surface area contributed by atoms with Gasteiger partial charge in [-0.15, -0.1) is 0 Å². The third kappa shape index (κ3) is 72.5. The van der Waals surface area contributed by atoms with Gasteiger partial charge in [-0.25, -0.2) is 0 Å². The van der Waals surface area contributed by atoms with Crippen LogP contribution in [0.1, 0.15) is 417 Å². The minimum absolute atomic E-state index is 0.0449. The third-order valence-corrected chi connectivity index (χ3v) is 22.1. The molecular weight excluding hydrogens is 1470 g/mol. The summed E-state index contributed by atoms with van der Waals surface area (Å²) in [5.41, 5.74) is 39.5. The van der Waals surface area contributed by atoms with Crippen LogP contribution >= 0.6 is 0 Å². The van der Waals surface area contributed by atoms with E-state index in [1.165, 1.54) is 32.1 Å². The first-order valence-corrected chi connectivity index (χ1v) is 47.6. The molecule has 678 valence electrons. The fourth-order valence-corrected chi connectivity index (χ4v) is 14.8. The third-order valence-electron chi connectivity index (χ3n) is 22.1. The smallest absolute Gasteiger partial charge is 0.242 e. The topological polar surface area (TPSA) is 461 Å². The summed E-state index contributed by atoms with van der Waals surface area (Å²) < 4.78 is 0. The van der Waals surface area contributed by atoms with Gasteiger partial charge in [-0.05, 0) is 200 Å². The lowest BCUT2D eigenvalue weighted by atomic mass is 10.0. The lowest BCUT2D eigenvalue weighted by Gasteiger charge is -2.18. The van der Waals surface area contributed by atoms with Crippen LogP contribution in [0.25, 0.3) is 0 Å². The Labute approximate surface area is 704 Å². The maximum atomic E-state index is 13.3.